The lowest BCUT2D eigenvalue weighted by molar-refractivity contribution is -0.0339. The fourth-order valence-corrected chi connectivity index (χ4v) is 2.94. The van der Waals surface area contributed by atoms with E-state index in [0.29, 0.717) is 0 Å². The summed E-state index contributed by atoms with van der Waals surface area (Å²) in [5, 5.41) is 4.26. The number of nitrogens with zero attached hydrogens (tertiary/aromatic N) is 3. The molecule has 0 saturated carbocycles. The van der Waals surface area contributed by atoms with Crippen molar-refractivity contribution < 1.29 is 4.74 Å². The lowest BCUT2D eigenvalue weighted by Gasteiger charge is -2.47. The van der Waals surface area contributed by atoms with Gasteiger partial charge in [-0.1, -0.05) is 6.92 Å². The Morgan fingerprint density at radius 3 is 2.68 bits per heavy atom. The fraction of sp³-hybridized carbons (Fsp3) is 0.769. The molecule has 1 saturated heterocycles. The van der Waals surface area contributed by atoms with Gasteiger partial charge in [0.2, 0.25) is 0 Å². The summed E-state index contributed by atoms with van der Waals surface area (Å²) in [6.45, 7) is 7.93. The maximum absolute atomic E-state index is 5.85. The van der Waals surface area contributed by atoms with E-state index in [-0.39, 0.29) is 11.6 Å². The van der Waals surface area contributed by atoms with Crippen molar-refractivity contribution in [2.75, 3.05) is 26.3 Å². The van der Waals surface area contributed by atoms with Gasteiger partial charge in [0.1, 0.15) is 0 Å². The maximum atomic E-state index is 5.85. The molecule has 1 aromatic heterocycles. The Balaban J connectivity index is 2.29. The smallest absolute Gasteiger partial charge is 0.0809 e. The highest BCUT2D eigenvalue weighted by Crippen LogP contribution is 2.34. The number of nitrogens with one attached hydrogen (secondary N) is 1. The van der Waals surface area contributed by atoms with Crippen molar-refractivity contribution in [2.45, 2.75) is 31.8 Å². The topological polar surface area (TPSA) is 68.3 Å². The van der Waals surface area contributed by atoms with E-state index in [2.05, 4.69) is 29.3 Å². The predicted octanol–water partition coefficient (Wildman–Crippen LogP) is 0.425. The number of nitrogens with two attached hydrogens (primary N) is 1. The quantitative estimate of drug-likeness (QED) is 0.598. The summed E-state index contributed by atoms with van der Waals surface area (Å²) in [6, 6.07) is 2.07. The van der Waals surface area contributed by atoms with Crippen LogP contribution in [-0.2, 0) is 11.8 Å². The number of hydrogen-bond donors (Lipinski definition) is 2. The van der Waals surface area contributed by atoms with Crippen molar-refractivity contribution in [3.8, 4) is 0 Å². The van der Waals surface area contributed by atoms with Crippen molar-refractivity contribution >= 4 is 0 Å². The Morgan fingerprint density at radius 2 is 2.21 bits per heavy atom. The van der Waals surface area contributed by atoms with E-state index in [1.807, 2.05) is 24.0 Å². The van der Waals surface area contributed by atoms with Gasteiger partial charge in [-0.15, -0.1) is 0 Å². The van der Waals surface area contributed by atoms with E-state index in [1.165, 1.54) is 0 Å². The Kier molecular flexibility index (Phi) is 4.57. The second kappa shape index (κ2) is 6.00. The van der Waals surface area contributed by atoms with Crippen LogP contribution in [0.1, 0.15) is 32.0 Å². The first kappa shape index (κ1) is 14.5. The zero-order valence-corrected chi connectivity index (χ0v) is 12.1. The molecule has 6 nitrogen and oxygen atoms in total. The van der Waals surface area contributed by atoms with E-state index in [1.54, 1.807) is 0 Å². The summed E-state index contributed by atoms with van der Waals surface area (Å²) in [7, 11) is 1.95. The second-order valence-electron chi connectivity index (χ2n) is 5.29. The predicted molar refractivity (Wildman–Crippen MR) is 74.4 cm³/mol. The first-order chi connectivity index (χ1) is 9.13. The monoisotopic (exact) mass is 267 g/mol. The third-order valence-electron chi connectivity index (χ3n) is 4.39. The molecule has 0 aromatic carbocycles. The summed E-state index contributed by atoms with van der Waals surface area (Å²) in [4.78, 5) is 2.47. The van der Waals surface area contributed by atoms with Gasteiger partial charge in [0.05, 0.1) is 24.9 Å². The van der Waals surface area contributed by atoms with Crippen LogP contribution in [0.2, 0.25) is 0 Å². The minimum absolute atomic E-state index is 0.0445. The molecule has 2 unspecified atom stereocenters. The van der Waals surface area contributed by atoms with E-state index < -0.39 is 0 Å². The summed E-state index contributed by atoms with van der Waals surface area (Å²) < 4.78 is 7.34. The first-order valence-corrected chi connectivity index (χ1v) is 6.90. The lowest BCUT2D eigenvalue weighted by atomic mass is 9.85. The van der Waals surface area contributed by atoms with Crippen LogP contribution in [0, 0.1) is 0 Å². The highest BCUT2D eigenvalue weighted by molar-refractivity contribution is 5.14. The van der Waals surface area contributed by atoms with Crippen LogP contribution in [0.25, 0.3) is 0 Å². The molecule has 0 bridgehead atoms. The van der Waals surface area contributed by atoms with E-state index in [9.17, 15) is 0 Å². The van der Waals surface area contributed by atoms with E-state index in [0.717, 1.165) is 38.4 Å². The van der Waals surface area contributed by atoms with E-state index >= 15 is 0 Å². The molecule has 2 atom stereocenters. The Labute approximate surface area is 114 Å². The molecule has 1 aromatic rings. The van der Waals surface area contributed by atoms with Crippen LogP contribution < -0.4 is 11.3 Å². The highest BCUT2D eigenvalue weighted by Gasteiger charge is 2.40. The molecule has 0 radical (unpaired) electrons. The second-order valence-corrected chi connectivity index (χ2v) is 5.29. The summed E-state index contributed by atoms with van der Waals surface area (Å²) >= 11 is 0. The number of ether oxygens (including phenoxy) is 1. The molecule has 2 heterocycles. The van der Waals surface area contributed by atoms with Crippen molar-refractivity contribution in [1.29, 1.82) is 0 Å². The molecule has 0 aliphatic carbocycles. The number of aryl methyl sites for hydroxylation is 1. The molecular weight excluding hydrogens is 242 g/mol. The van der Waals surface area contributed by atoms with Crippen molar-refractivity contribution in [3.05, 3.63) is 18.0 Å². The Hall–Kier alpha value is -0.950. The van der Waals surface area contributed by atoms with Gasteiger partial charge in [-0.3, -0.25) is 15.4 Å². The number of hydrogen-bond acceptors (Lipinski definition) is 5. The van der Waals surface area contributed by atoms with Crippen LogP contribution in [0.15, 0.2) is 12.3 Å². The minimum Gasteiger partial charge on any atom is -0.379 e. The number of rotatable bonds is 5. The molecule has 0 spiro atoms. The van der Waals surface area contributed by atoms with Crippen LogP contribution >= 0.6 is 0 Å². The zero-order valence-electron chi connectivity index (χ0n) is 12.1. The first-order valence-electron chi connectivity index (χ1n) is 6.90. The maximum Gasteiger partial charge on any atom is 0.0809 e. The van der Waals surface area contributed by atoms with Gasteiger partial charge in [-0.2, -0.15) is 5.10 Å². The normalized spacial score (nSPS) is 22.1. The van der Waals surface area contributed by atoms with Crippen molar-refractivity contribution in [2.24, 2.45) is 12.9 Å². The summed E-state index contributed by atoms with van der Waals surface area (Å²) in [6.07, 6.45) is 2.82. The summed E-state index contributed by atoms with van der Waals surface area (Å²) in [5.41, 5.74) is 4.05. The van der Waals surface area contributed by atoms with Gasteiger partial charge >= 0.3 is 0 Å². The molecule has 6 heteroatoms. The van der Waals surface area contributed by atoms with Crippen LogP contribution in [-0.4, -0.2) is 46.5 Å². The zero-order chi connectivity index (χ0) is 13.9. The average Bonchev–Trinajstić information content (AvgIpc) is 2.86. The Morgan fingerprint density at radius 1 is 1.53 bits per heavy atom. The third kappa shape index (κ3) is 2.67. The lowest BCUT2D eigenvalue weighted by Crippen LogP contribution is -2.59. The van der Waals surface area contributed by atoms with Crippen molar-refractivity contribution in [3.63, 3.8) is 0 Å². The number of morpholine rings is 1. The summed E-state index contributed by atoms with van der Waals surface area (Å²) in [5.74, 6) is 5.85. The van der Waals surface area contributed by atoms with Crippen LogP contribution in [0.3, 0.4) is 0 Å². The molecule has 1 aliphatic rings. The van der Waals surface area contributed by atoms with Crippen LogP contribution in [0.4, 0.5) is 0 Å². The third-order valence-corrected chi connectivity index (χ3v) is 4.39. The van der Waals surface area contributed by atoms with Gasteiger partial charge in [0.25, 0.3) is 0 Å². The average molecular weight is 267 g/mol. The van der Waals surface area contributed by atoms with Crippen LogP contribution in [0.5, 0.6) is 0 Å². The van der Waals surface area contributed by atoms with Gasteiger partial charge in [-0.05, 0) is 19.4 Å². The van der Waals surface area contributed by atoms with Crippen molar-refractivity contribution in [1.82, 2.24) is 20.1 Å². The van der Waals surface area contributed by atoms with Gasteiger partial charge in [0, 0.05) is 31.9 Å². The van der Waals surface area contributed by atoms with Gasteiger partial charge in [-0.25, -0.2) is 5.43 Å². The molecule has 1 aliphatic heterocycles. The molecule has 1 fully saturated rings. The fourth-order valence-electron chi connectivity index (χ4n) is 2.94. The molecular formula is C13H25N5O. The van der Waals surface area contributed by atoms with Gasteiger partial charge in [0.15, 0.2) is 0 Å². The van der Waals surface area contributed by atoms with E-state index in [4.69, 9.17) is 10.6 Å². The molecule has 19 heavy (non-hydrogen) atoms. The molecule has 2 rings (SSSR count). The highest BCUT2D eigenvalue weighted by atomic mass is 16.5. The molecule has 0 amide bonds. The number of aromatic nitrogens is 2. The SMILES string of the molecule is CCC(C)(C(NN)c1ccnn1C)N1CCOCC1. The minimum atomic E-state index is -0.0493. The molecule has 3 N–H and O–H groups in total. The Bertz CT molecular complexity index is 401. The molecule has 108 valence electrons. The standard InChI is InChI=1S/C13H25N5O/c1-4-13(2,18-7-9-19-10-8-18)12(16-14)11-5-6-15-17(11)3/h5-6,12,16H,4,7-10,14H2,1-3H3. The van der Waals surface area contributed by atoms with Gasteiger partial charge < -0.3 is 4.74 Å². The largest absolute Gasteiger partial charge is 0.379 e. The number of hydrazine groups is 1.